The molecule has 0 bridgehead atoms. The van der Waals surface area contributed by atoms with Gasteiger partial charge in [0, 0.05) is 6.54 Å². The lowest BCUT2D eigenvalue weighted by atomic mass is 10.2. The minimum Gasteiger partial charge on any atom is -0.548 e. The molecule has 1 atom stereocenters. The summed E-state index contributed by atoms with van der Waals surface area (Å²) in [6, 6.07) is 7.45. The molecule has 0 heterocycles. The molecule has 0 aliphatic rings. The van der Waals surface area contributed by atoms with Crippen LogP contribution in [0, 0.1) is 0 Å². The lowest BCUT2D eigenvalue weighted by Gasteiger charge is -2.23. The fraction of sp³-hybridized carbons (Fsp3) is 0.438. The monoisotopic (exact) mass is 337 g/mol. The van der Waals surface area contributed by atoms with E-state index < -0.39 is 36.3 Å². The molecule has 0 unspecified atom stereocenters. The molecule has 8 nitrogen and oxygen atoms in total. The molecule has 0 radical (unpaired) electrons. The maximum Gasteiger partial charge on any atom is 0.408 e. The first-order valence-electron chi connectivity index (χ1n) is 7.32. The van der Waals surface area contributed by atoms with Crippen LogP contribution >= 0.6 is 0 Å². The zero-order valence-electron chi connectivity index (χ0n) is 13.8. The maximum atomic E-state index is 11.6. The molecule has 0 aromatic heterocycles. The number of alkyl carbamates (subject to hydrolysis) is 2. The molecule has 8 heteroatoms. The number of amides is 2. The SMILES string of the molecule is CC(C)(C)OC(=O)NC[C@@H](NC(=O)OCc1ccccc1)C(=O)[O-]. The number of hydrogen-bond donors (Lipinski definition) is 2. The average Bonchev–Trinajstić information content (AvgIpc) is 2.48. The van der Waals surface area contributed by atoms with Crippen molar-refractivity contribution in [1.29, 1.82) is 0 Å². The minimum absolute atomic E-state index is 0.00800. The maximum absolute atomic E-state index is 11.6. The summed E-state index contributed by atoms with van der Waals surface area (Å²) in [5.74, 6) is -1.55. The fourth-order valence-electron chi connectivity index (χ4n) is 1.60. The molecular weight excluding hydrogens is 316 g/mol. The van der Waals surface area contributed by atoms with Gasteiger partial charge in [0.25, 0.3) is 0 Å². The van der Waals surface area contributed by atoms with Gasteiger partial charge in [-0.3, -0.25) is 0 Å². The zero-order chi connectivity index (χ0) is 18.2. The van der Waals surface area contributed by atoms with Gasteiger partial charge in [0.15, 0.2) is 0 Å². The number of benzene rings is 1. The van der Waals surface area contributed by atoms with Gasteiger partial charge in [-0.1, -0.05) is 30.3 Å². The second-order valence-corrected chi connectivity index (χ2v) is 5.96. The topological polar surface area (TPSA) is 117 Å². The Morgan fingerprint density at radius 3 is 2.29 bits per heavy atom. The number of hydrogen-bond acceptors (Lipinski definition) is 6. The highest BCUT2D eigenvalue weighted by Gasteiger charge is 2.19. The molecular formula is C16H21N2O6-. The van der Waals surface area contributed by atoms with Crippen molar-refractivity contribution in [3.05, 3.63) is 35.9 Å². The number of carbonyl (C=O) groups is 3. The first-order chi connectivity index (χ1) is 11.2. The Kier molecular flexibility index (Phi) is 7.03. The molecule has 0 saturated heterocycles. The van der Waals surface area contributed by atoms with E-state index in [1.807, 2.05) is 6.07 Å². The van der Waals surface area contributed by atoms with Gasteiger partial charge in [-0.05, 0) is 26.3 Å². The summed E-state index contributed by atoms with van der Waals surface area (Å²) in [7, 11) is 0. The molecule has 1 aromatic rings. The van der Waals surface area contributed by atoms with Crippen molar-refractivity contribution in [2.75, 3.05) is 6.54 Å². The van der Waals surface area contributed by atoms with Crippen LogP contribution in [0.4, 0.5) is 9.59 Å². The largest absolute Gasteiger partial charge is 0.548 e. The Hall–Kier alpha value is -2.77. The predicted molar refractivity (Wildman–Crippen MR) is 82.8 cm³/mol. The van der Waals surface area contributed by atoms with Crippen LogP contribution in [0.25, 0.3) is 0 Å². The van der Waals surface area contributed by atoms with Gasteiger partial charge in [0.1, 0.15) is 12.2 Å². The summed E-state index contributed by atoms with van der Waals surface area (Å²) >= 11 is 0. The number of carbonyl (C=O) groups excluding carboxylic acids is 3. The number of carboxylic acid groups (broad SMARTS) is 1. The summed E-state index contributed by atoms with van der Waals surface area (Å²) in [6.07, 6.45) is -1.73. The van der Waals surface area contributed by atoms with Gasteiger partial charge < -0.3 is 30.0 Å². The molecule has 0 aliphatic heterocycles. The standard InChI is InChI=1S/C16H22N2O6/c1-16(2,3)24-14(21)17-9-12(13(19)20)18-15(22)23-10-11-7-5-4-6-8-11/h4-8,12H,9-10H2,1-3H3,(H,17,21)(H,18,22)(H,19,20)/p-1/t12-/m1/s1. The highest BCUT2D eigenvalue weighted by Crippen LogP contribution is 2.06. The van der Waals surface area contributed by atoms with Crippen LogP contribution < -0.4 is 15.7 Å². The Morgan fingerprint density at radius 2 is 1.75 bits per heavy atom. The fourth-order valence-corrected chi connectivity index (χ4v) is 1.60. The summed E-state index contributed by atoms with van der Waals surface area (Å²) in [5, 5.41) is 15.4. The van der Waals surface area contributed by atoms with Crippen LogP contribution in [-0.4, -0.2) is 36.3 Å². The van der Waals surface area contributed by atoms with E-state index in [0.717, 1.165) is 5.56 Å². The van der Waals surface area contributed by atoms with E-state index in [0.29, 0.717) is 0 Å². The number of aliphatic carboxylic acids is 1. The second-order valence-electron chi connectivity index (χ2n) is 5.96. The van der Waals surface area contributed by atoms with E-state index in [2.05, 4.69) is 10.6 Å². The van der Waals surface area contributed by atoms with Crippen LogP contribution in [0.3, 0.4) is 0 Å². The van der Waals surface area contributed by atoms with Crippen molar-refractivity contribution in [2.45, 2.75) is 39.0 Å². The molecule has 0 spiro atoms. The third kappa shape index (κ3) is 8.02. The third-order valence-corrected chi connectivity index (χ3v) is 2.64. The van der Waals surface area contributed by atoms with Gasteiger partial charge in [-0.2, -0.15) is 0 Å². The summed E-state index contributed by atoms with van der Waals surface area (Å²) < 4.78 is 9.88. The first-order valence-corrected chi connectivity index (χ1v) is 7.32. The van der Waals surface area contributed by atoms with E-state index in [9.17, 15) is 19.5 Å². The molecule has 2 amide bonds. The zero-order valence-corrected chi connectivity index (χ0v) is 13.8. The van der Waals surface area contributed by atoms with Crippen molar-refractivity contribution in [3.63, 3.8) is 0 Å². The van der Waals surface area contributed by atoms with Crippen LogP contribution in [0.1, 0.15) is 26.3 Å². The van der Waals surface area contributed by atoms with Crippen LogP contribution in [0.5, 0.6) is 0 Å². The number of carboxylic acids is 1. The highest BCUT2D eigenvalue weighted by molar-refractivity contribution is 5.79. The van der Waals surface area contributed by atoms with Gasteiger partial charge in [-0.25, -0.2) is 9.59 Å². The van der Waals surface area contributed by atoms with Gasteiger partial charge in [0.05, 0.1) is 12.0 Å². The van der Waals surface area contributed by atoms with E-state index in [-0.39, 0.29) is 6.61 Å². The second kappa shape index (κ2) is 8.76. The Balaban J connectivity index is 2.43. The Bertz CT molecular complexity index is 568. The highest BCUT2D eigenvalue weighted by atomic mass is 16.6. The van der Waals surface area contributed by atoms with E-state index in [4.69, 9.17) is 9.47 Å². The normalized spacial score (nSPS) is 12.0. The van der Waals surface area contributed by atoms with Crippen molar-refractivity contribution < 1.29 is 29.0 Å². The van der Waals surface area contributed by atoms with E-state index >= 15 is 0 Å². The third-order valence-electron chi connectivity index (χ3n) is 2.64. The quantitative estimate of drug-likeness (QED) is 0.783. The lowest BCUT2D eigenvalue weighted by Crippen LogP contribution is -2.54. The number of ether oxygens (including phenoxy) is 2. The first kappa shape index (κ1) is 19.3. The number of rotatable bonds is 6. The summed E-state index contributed by atoms with van der Waals surface area (Å²) in [6.45, 7) is 4.61. The molecule has 1 aromatic carbocycles. The minimum atomic E-state index is -1.55. The molecule has 0 aliphatic carbocycles. The predicted octanol–water partition coefficient (Wildman–Crippen LogP) is 0.556. The summed E-state index contributed by atoms with van der Waals surface area (Å²) in [5.41, 5.74) is 0.0350. The Morgan fingerprint density at radius 1 is 1.12 bits per heavy atom. The van der Waals surface area contributed by atoms with Crippen LogP contribution in [0.15, 0.2) is 30.3 Å². The van der Waals surface area contributed by atoms with Gasteiger partial charge in [-0.15, -0.1) is 0 Å². The van der Waals surface area contributed by atoms with Crippen molar-refractivity contribution in [3.8, 4) is 0 Å². The van der Waals surface area contributed by atoms with Crippen molar-refractivity contribution in [1.82, 2.24) is 10.6 Å². The molecule has 0 fully saturated rings. The van der Waals surface area contributed by atoms with Gasteiger partial charge in [0.2, 0.25) is 0 Å². The molecule has 2 N–H and O–H groups in total. The molecule has 0 saturated carbocycles. The molecule has 24 heavy (non-hydrogen) atoms. The average molecular weight is 337 g/mol. The van der Waals surface area contributed by atoms with E-state index in [1.165, 1.54) is 0 Å². The van der Waals surface area contributed by atoms with Gasteiger partial charge >= 0.3 is 12.2 Å². The van der Waals surface area contributed by atoms with Crippen LogP contribution in [-0.2, 0) is 20.9 Å². The Labute approximate surface area is 140 Å². The van der Waals surface area contributed by atoms with Crippen molar-refractivity contribution >= 4 is 18.2 Å². The lowest BCUT2D eigenvalue weighted by molar-refractivity contribution is -0.308. The summed E-state index contributed by atoms with van der Waals surface area (Å²) in [4.78, 5) is 34.2. The number of nitrogens with one attached hydrogen (secondary N) is 2. The van der Waals surface area contributed by atoms with E-state index in [1.54, 1.807) is 45.0 Å². The van der Waals surface area contributed by atoms with Crippen molar-refractivity contribution in [2.24, 2.45) is 0 Å². The molecule has 132 valence electrons. The smallest absolute Gasteiger partial charge is 0.408 e. The van der Waals surface area contributed by atoms with Crippen LogP contribution in [0.2, 0.25) is 0 Å². The molecule has 1 rings (SSSR count).